The van der Waals surface area contributed by atoms with Crippen LogP contribution in [0.5, 0.6) is 5.75 Å². The van der Waals surface area contributed by atoms with Gasteiger partial charge in [0.05, 0.1) is 6.61 Å². The van der Waals surface area contributed by atoms with Crippen LogP contribution in [0.15, 0.2) is 24.3 Å². The SMILES string of the molecule is CCOc1ccc(C(C)NCCCCC(N)=O)cc1. The van der Waals surface area contributed by atoms with Crippen molar-refractivity contribution in [2.45, 2.75) is 39.2 Å². The van der Waals surface area contributed by atoms with Crippen LogP contribution in [0.3, 0.4) is 0 Å². The fraction of sp³-hybridized carbons (Fsp3) is 0.533. The minimum Gasteiger partial charge on any atom is -0.494 e. The van der Waals surface area contributed by atoms with Crippen LogP contribution in [0.25, 0.3) is 0 Å². The fourth-order valence-corrected chi connectivity index (χ4v) is 1.88. The largest absolute Gasteiger partial charge is 0.494 e. The minimum atomic E-state index is -0.223. The molecule has 19 heavy (non-hydrogen) atoms. The van der Waals surface area contributed by atoms with Gasteiger partial charge in [0, 0.05) is 12.5 Å². The molecule has 0 heterocycles. The Kier molecular flexibility index (Phi) is 6.97. The molecule has 106 valence electrons. The van der Waals surface area contributed by atoms with Crippen LogP contribution in [0.2, 0.25) is 0 Å². The summed E-state index contributed by atoms with van der Waals surface area (Å²) in [5.41, 5.74) is 6.33. The van der Waals surface area contributed by atoms with Crippen molar-refractivity contribution in [2.24, 2.45) is 5.73 Å². The van der Waals surface area contributed by atoms with Gasteiger partial charge in [0.1, 0.15) is 5.75 Å². The Labute approximate surface area is 115 Å². The second-order valence-electron chi connectivity index (χ2n) is 4.60. The molecular formula is C15H24N2O2. The van der Waals surface area contributed by atoms with E-state index in [1.54, 1.807) is 0 Å². The number of nitrogens with two attached hydrogens (primary N) is 1. The number of hydrogen-bond donors (Lipinski definition) is 2. The summed E-state index contributed by atoms with van der Waals surface area (Å²) >= 11 is 0. The topological polar surface area (TPSA) is 64.3 Å². The fourth-order valence-electron chi connectivity index (χ4n) is 1.88. The molecule has 1 aromatic rings. The third kappa shape index (κ3) is 6.25. The molecule has 1 amide bonds. The first-order valence-corrected chi connectivity index (χ1v) is 6.88. The zero-order chi connectivity index (χ0) is 14.1. The summed E-state index contributed by atoms with van der Waals surface area (Å²) in [6, 6.07) is 8.43. The standard InChI is InChI=1S/C15H24N2O2/c1-3-19-14-9-7-13(8-10-14)12(2)17-11-5-4-6-15(16)18/h7-10,12,17H,3-6,11H2,1-2H3,(H2,16,18). The average Bonchev–Trinajstić information content (AvgIpc) is 2.39. The van der Waals surface area contributed by atoms with Gasteiger partial charge in [0.25, 0.3) is 0 Å². The molecule has 0 aliphatic rings. The maximum Gasteiger partial charge on any atom is 0.217 e. The van der Waals surface area contributed by atoms with E-state index in [2.05, 4.69) is 24.4 Å². The predicted octanol–water partition coefficient (Wildman–Crippen LogP) is 2.39. The number of carbonyl (C=O) groups is 1. The first kappa shape index (κ1) is 15.5. The van der Waals surface area contributed by atoms with Gasteiger partial charge in [0.2, 0.25) is 5.91 Å². The van der Waals surface area contributed by atoms with Crippen LogP contribution in [-0.2, 0) is 4.79 Å². The van der Waals surface area contributed by atoms with E-state index in [-0.39, 0.29) is 5.91 Å². The summed E-state index contributed by atoms with van der Waals surface area (Å²) < 4.78 is 5.41. The Morgan fingerprint density at radius 2 is 2.00 bits per heavy atom. The van der Waals surface area contributed by atoms with E-state index in [0.29, 0.717) is 19.1 Å². The summed E-state index contributed by atoms with van der Waals surface area (Å²) in [6.07, 6.45) is 2.28. The van der Waals surface area contributed by atoms with E-state index >= 15 is 0 Å². The van der Waals surface area contributed by atoms with E-state index in [1.165, 1.54) is 5.56 Å². The molecule has 0 radical (unpaired) electrons. The van der Waals surface area contributed by atoms with Gasteiger partial charge >= 0.3 is 0 Å². The van der Waals surface area contributed by atoms with Gasteiger partial charge in [0.15, 0.2) is 0 Å². The van der Waals surface area contributed by atoms with Gasteiger partial charge in [-0.05, 0) is 50.9 Å². The second kappa shape index (κ2) is 8.53. The highest BCUT2D eigenvalue weighted by Crippen LogP contribution is 2.17. The Hall–Kier alpha value is -1.55. The lowest BCUT2D eigenvalue weighted by Crippen LogP contribution is -2.20. The molecule has 1 rings (SSSR count). The number of amides is 1. The Morgan fingerprint density at radius 1 is 1.32 bits per heavy atom. The van der Waals surface area contributed by atoms with Crippen molar-refractivity contribution in [2.75, 3.05) is 13.2 Å². The number of ether oxygens (including phenoxy) is 1. The minimum absolute atomic E-state index is 0.223. The number of carbonyl (C=O) groups excluding carboxylic acids is 1. The number of benzene rings is 1. The predicted molar refractivity (Wildman–Crippen MR) is 77.1 cm³/mol. The summed E-state index contributed by atoms with van der Waals surface area (Å²) in [6.45, 7) is 5.68. The molecule has 3 N–H and O–H groups in total. The third-order valence-corrected chi connectivity index (χ3v) is 2.99. The molecule has 1 unspecified atom stereocenters. The van der Waals surface area contributed by atoms with Gasteiger partial charge in [-0.15, -0.1) is 0 Å². The van der Waals surface area contributed by atoms with Crippen molar-refractivity contribution in [1.82, 2.24) is 5.32 Å². The third-order valence-electron chi connectivity index (χ3n) is 2.99. The smallest absolute Gasteiger partial charge is 0.217 e. The van der Waals surface area contributed by atoms with Crippen molar-refractivity contribution in [3.63, 3.8) is 0 Å². The normalized spacial score (nSPS) is 12.1. The summed E-state index contributed by atoms with van der Waals surface area (Å²) in [4.78, 5) is 10.6. The van der Waals surface area contributed by atoms with Crippen LogP contribution >= 0.6 is 0 Å². The summed E-state index contributed by atoms with van der Waals surface area (Å²) in [5.74, 6) is 0.680. The van der Waals surface area contributed by atoms with E-state index in [4.69, 9.17) is 10.5 Å². The Balaban J connectivity index is 2.28. The molecule has 4 heteroatoms. The Bertz CT molecular complexity index is 376. The van der Waals surface area contributed by atoms with Crippen molar-refractivity contribution < 1.29 is 9.53 Å². The zero-order valence-electron chi connectivity index (χ0n) is 11.8. The van der Waals surface area contributed by atoms with Gasteiger partial charge in [-0.1, -0.05) is 12.1 Å². The van der Waals surface area contributed by atoms with E-state index in [1.807, 2.05) is 19.1 Å². The quantitative estimate of drug-likeness (QED) is 0.673. The molecule has 0 aliphatic heterocycles. The van der Waals surface area contributed by atoms with E-state index in [0.717, 1.165) is 25.1 Å². The van der Waals surface area contributed by atoms with Gasteiger partial charge < -0.3 is 15.8 Å². The van der Waals surface area contributed by atoms with Crippen molar-refractivity contribution in [3.05, 3.63) is 29.8 Å². The number of nitrogens with one attached hydrogen (secondary N) is 1. The highest BCUT2D eigenvalue weighted by atomic mass is 16.5. The van der Waals surface area contributed by atoms with E-state index < -0.39 is 0 Å². The lowest BCUT2D eigenvalue weighted by atomic mass is 10.1. The maximum absolute atomic E-state index is 10.6. The van der Waals surface area contributed by atoms with E-state index in [9.17, 15) is 4.79 Å². The molecule has 0 aliphatic carbocycles. The first-order valence-electron chi connectivity index (χ1n) is 6.88. The number of primary amides is 1. The highest BCUT2D eigenvalue weighted by molar-refractivity contribution is 5.73. The summed E-state index contributed by atoms with van der Waals surface area (Å²) in [7, 11) is 0. The highest BCUT2D eigenvalue weighted by Gasteiger charge is 2.04. The van der Waals surface area contributed by atoms with Crippen LogP contribution < -0.4 is 15.8 Å². The van der Waals surface area contributed by atoms with Crippen molar-refractivity contribution in [3.8, 4) is 5.75 Å². The summed E-state index contributed by atoms with van der Waals surface area (Å²) in [5, 5.41) is 3.43. The molecule has 0 saturated carbocycles. The molecule has 0 fully saturated rings. The molecule has 1 atom stereocenters. The van der Waals surface area contributed by atoms with Crippen molar-refractivity contribution >= 4 is 5.91 Å². The molecule has 1 aromatic carbocycles. The molecule has 0 spiro atoms. The van der Waals surface area contributed by atoms with Crippen LogP contribution in [0.4, 0.5) is 0 Å². The number of rotatable bonds is 9. The number of hydrogen-bond acceptors (Lipinski definition) is 3. The lowest BCUT2D eigenvalue weighted by molar-refractivity contribution is -0.118. The maximum atomic E-state index is 10.6. The number of unbranched alkanes of at least 4 members (excludes halogenated alkanes) is 1. The van der Waals surface area contributed by atoms with Crippen molar-refractivity contribution in [1.29, 1.82) is 0 Å². The molecule has 4 nitrogen and oxygen atoms in total. The molecule has 0 bridgehead atoms. The van der Waals surface area contributed by atoms with Gasteiger partial charge in [-0.3, -0.25) is 4.79 Å². The monoisotopic (exact) mass is 264 g/mol. The van der Waals surface area contributed by atoms with Gasteiger partial charge in [-0.25, -0.2) is 0 Å². The first-order chi connectivity index (χ1) is 9.13. The van der Waals surface area contributed by atoms with Crippen LogP contribution in [-0.4, -0.2) is 19.1 Å². The zero-order valence-corrected chi connectivity index (χ0v) is 11.8. The lowest BCUT2D eigenvalue weighted by Gasteiger charge is -2.14. The van der Waals surface area contributed by atoms with Crippen LogP contribution in [0, 0.1) is 0 Å². The molecule has 0 saturated heterocycles. The average molecular weight is 264 g/mol. The van der Waals surface area contributed by atoms with Gasteiger partial charge in [-0.2, -0.15) is 0 Å². The second-order valence-corrected chi connectivity index (χ2v) is 4.60. The van der Waals surface area contributed by atoms with Crippen LogP contribution in [0.1, 0.15) is 44.7 Å². The Morgan fingerprint density at radius 3 is 2.58 bits per heavy atom. The molecular weight excluding hydrogens is 240 g/mol. The molecule has 0 aromatic heterocycles.